The molecule has 0 aliphatic carbocycles. The van der Waals surface area contributed by atoms with Crippen LogP contribution in [0.2, 0.25) is 0 Å². The standard InChI is InChI=1S/C5H6F3NO2S/c1-2-3-9-12(10,11)4-5(6,7)8/h1,9H,3-4H2. The second-order valence-corrected chi connectivity index (χ2v) is 3.71. The lowest BCUT2D eigenvalue weighted by Crippen LogP contribution is -2.33. The minimum absolute atomic E-state index is 0.432. The molecule has 0 aromatic carbocycles. The van der Waals surface area contributed by atoms with E-state index in [2.05, 4.69) is 6.42 Å². The molecule has 0 bridgehead atoms. The van der Waals surface area contributed by atoms with Crippen LogP contribution in [0.1, 0.15) is 0 Å². The Bertz CT molecular complexity index is 274. The van der Waals surface area contributed by atoms with Gasteiger partial charge in [-0.1, -0.05) is 5.92 Å². The molecule has 0 aromatic rings. The minimum atomic E-state index is -4.74. The van der Waals surface area contributed by atoms with Gasteiger partial charge in [-0.05, 0) is 0 Å². The van der Waals surface area contributed by atoms with Crippen molar-refractivity contribution in [1.29, 1.82) is 0 Å². The molecule has 0 atom stereocenters. The summed E-state index contributed by atoms with van der Waals surface area (Å²) in [5, 5.41) is 0. The number of alkyl halides is 3. The first-order chi connectivity index (χ1) is 5.27. The van der Waals surface area contributed by atoms with Crippen LogP contribution in [0.15, 0.2) is 0 Å². The SMILES string of the molecule is C#CCNS(=O)(=O)CC(F)(F)F. The molecule has 0 saturated carbocycles. The molecular weight excluding hydrogens is 195 g/mol. The first-order valence-corrected chi connectivity index (χ1v) is 4.39. The molecule has 3 nitrogen and oxygen atoms in total. The van der Waals surface area contributed by atoms with Crippen molar-refractivity contribution in [2.24, 2.45) is 0 Å². The highest BCUT2D eigenvalue weighted by Gasteiger charge is 2.34. The third-order valence-electron chi connectivity index (χ3n) is 0.748. The summed E-state index contributed by atoms with van der Waals surface area (Å²) in [5.41, 5.74) is 0. The van der Waals surface area contributed by atoms with E-state index in [0.29, 0.717) is 0 Å². The monoisotopic (exact) mass is 201 g/mol. The number of nitrogens with one attached hydrogen (secondary N) is 1. The lowest BCUT2D eigenvalue weighted by molar-refractivity contribution is -0.106. The van der Waals surface area contributed by atoms with E-state index >= 15 is 0 Å². The van der Waals surface area contributed by atoms with Crippen LogP contribution in [-0.4, -0.2) is 26.9 Å². The zero-order valence-electron chi connectivity index (χ0n) is 5.85. The van der Waals surface area contributed by atoms with Crippen LogP contribution in [0.3, 0.4) is 0 Å². The second kappa shape index (κ2) is 3.78. The molecule has 0 unspecified atom stereocenters. The van der Waals surface area contributed by atoms with Gasteiger partial charge in [0.2, 0.25) is 10.0 Å². The molecule has 7 heteroatoms. The highest BCUT2D eigenvalue weighted by molar-refractivity contribution is 7.89. The van der Waals surface area contributed by atoms with Crippen molar-refractivity contribution in [3.63, 3.8) is 0 Å². The summed E-state index contributed by atoms with van der Waals surface area (Å²) in [6.07, 6.45) is -0.0944. The molecule has 0 saturated heterocycles. The molecule has 0 aliphatic heterocycles. The highest BCUT2D eigenvalue weighted by atomic mass is 32.2. The predicted molar refractivity (Wildman–Crippen MR) is 36.7 cm³/mol. The first kappa shape index (κ1) is 11.3. The van der Waals surface area contributed by atoms with E-state index in [-0.39, 0.29) is 0 Å². The minimum Gasteiger partial charge on any atom is -0.212 e. The summed E-state index contributed by atoms with van der Waals surface area (Å²) in [7, 11) is -4.32. The molecule has 0 rings (SSSR count). The van der Waals surface area contributed by atoms with Crippen LogP contribution in [0.4, 0.5) is 13.2 Å². The maximum atomic E-state index is 11.5. The fraction of sp³-hybridized carbons (Fsp3) is 0.600. The van der Waals surface area contributed by atoms with Gasteiger partial charge in [-0.15, -0.1) is 6.42 Å². The summed E-state index contributed by atoms with van der Waals surface area (Å²) in [6, 6.07) is 0. The van der Waals surface area contributed by atoms with Gasteiger partial charge < -0.3 is 0 Å². The first-order valence-electron chi connectivity index (χ1n) is 2.74. The fourth-order valence-electron chi connectivity index (χ4n) is 0.418. The van der Waals surface area contributed by atoms with E-state index in [1.807, 2.05) is 5.92 Å². The molecular formula is C5H6F3NO2S. The molecule has 0 aliphatic rings. The molecule has 0 spiro atoms. The van der Waals surface area contributed by atoms with Gasteiger partial charge in [0.1, 0.15) is 0 Å². The summed E-state index contributed by atoms with van der Waals surface area (Å²) < 4.78 is 57.1. The average molecular weight is 201 g/mol. The van der Waals surface area contributed by atoms with E-state index in [1.165, 1.54) is 0 Å². The Hall–Kier alpha value is -0.740. The maximum absolute atomic E-state index is 11.5. The Morgan fingerprint density at radius 3 is 2.25 bits per heavy atom. The number of rotatable bonds is 3. The maximum Gasteiger partial charge on any atom is 0.404 e. The molecule has 0 heterocycles. The van der Waals surface area contributed by atoms with Crippen molar-refractivity contribution in [1.82, 2.24) is 4.72 Å². The summed E-state index contributed by atoms with van der Waals surface area (Å²) in [4.78, 5) is 0. The van der Waals surface area contributed by atoms with Gasteiger partial charge in [0.05, 0.1) is 6.54 Å². The smallest absolute Gasteiger partial charge is 0.212 e. The third kappa shape index (κ3) is 6.00. The van der Waals surface area contributed by atoms with Gasteiger partial charge in [0.15, 0.2) is 5.75 Å². The van der Waals surface area contributed by atoms with Crippen LogP contribution in [0.5, 0.6) is 0 Å². The Morgan fingerprint density at radius 2 is 1.92 bits per heavy atom. The number of sulfonamides is 1. The van der Waals surface area contributed by atoms with Crippen molar-refractivity contribution in [2.45, 2.75) is 6.18 Å². The summed E-state index contributed by atoms with van der Waals surface area (Å²) in [6.45, 7) is -0.432. The molecule has 0 fully saturated rings. The Morgan fingerprint density at radius 1 is 1.42 bits per heavy atom. The van der Waals surface area contributed by atoms with Crippen molar-refractivity contribution in [2.75, 3.05) is 12.3 Å². The highest BCUT2D eigenvalue weighted by Crippen LogP contribution is 2.16. The van der Waals surface area contributed by atoms with E-state index in [9.17, 15) is 21.6 Å². The average Bonchev–Trinajstić information content (AvgIpc) is 1.78. The molecule has 70 valence electrons. The second-order valence-electron chi connectivity index (χ2n) is 1.90. The normalized spacial score (nSPS) is 12.5. The Kier molecular flexibility index (Phi) is 3.55. The molecule has 0 amide bonds. The van der Waals surface area contributed by atoms with Crippen LogP contribution in [0, 0.1) is 12.3 Å². The van der Waals surface area contributed by atoms with Gasteiger partial charge in [0, 0.05) is 0 Å². The topological polar surface area (TPSA) is 46.2 Å². The predicted octanol–water partition coefficient (Wildman–Crippen LogP) is 0.101. The van der Waals surface area contributed by atoms with Crippen molar-refractivity contribution in [3.05, 3.63) is 0 Å². The molecule has 0 aromatic heterocycles. The fourth-order valence-corrected chi connectivity index (χ4v) is 1.25. The molecule has 0 radical (unpaired) electrons. The molecule has 12 heavy (non-hydrogen) atoms. The number of hydrogen-bond acceptors (Lipinski definition) is 2. The van der Waals surface area contributed by atoms with Gasteiger partial charge in [0.25, 0.3) is 0 Å². The van der Waals surface area contributed by atoms with Gasteiger partial charge in [-0.25, -0.2) is 13.1 Å². The van der Waals surface area contributed by atoms with Gasteiger partial charge in [-0.3, -0.25) is 0 Å². The Balaban J connectivity index is 4.18. The van der Waals surface area contributed by atoms with Gasteiger partial charge >= 0.3 is 6.18 Å². The number of hydrogen-bond donors (Lipinski definition) is 1. The van der Waals surface area contributed by atoms with Crippen molar-refractivity contribution >= 4 is 10.0 Å². The number of halogens is 3. The quantitative estimate of drug-likeness (QED) is 0.658. The van der Waals surface area contributed by atoms with E-state index in [4.69, 9.17) is 0 Å². The largest absolute Gasteiger partial charge is 0.404 e. The third-order valence-corrected chi connectivity index (χ3v) is 2.04. The Labute approximate surface area is 68.0 Å². The van der Waals surface area contributed by atoms with Crippen LogP contribution >= 0.6 is 0 Å². The zero-order valence-corrected chi connectivity index (χ0v) is 6.67. The van der Waals surface area contributed by atoms with Crippen LogP contribution in [0.25, 0.3) is 0 Å². The molecule has 1 N–H and O–H groups in total. The van der Waals surface area contributed by atoms with E-state index in [0.717, 1.165) is 0 Å². The van der Waals surface area contributed by atoms with Crippen molar-refractivity contribution < 1.29 is 21.6 Å². The zero-order chi connectivity index (χ0) is 9.83. The summed E-state index contributed by atoms with van der Waals surface area (Å²) in [5.74, 6) is -0.0492. The van der Waals surface area contributed by atoms with Crippen LogP contribution in [-0.2, 0) is 10.0 Å². The van der Waals surface area contributed by atoms with Gasteiger partial charge in [-0.2, -0.15) is 13.2 Å². The van der Waals surface area contributed by atoms with E-state index < -0.39 is 28.5 Å². The lowest BCUT2D eigenvalue weighted by Gasteiger charge is -2.06. The van der Waals surface area contributed by atoms with Crippen molar-refractivity contribution in [3.8, 4) is 12.3 Å². The van der Waals surface area contributed by atoms with E-state index in [1.54, 1.807) is 4.72 Å². The lowest BCUT2D eigenvalue weighted by atomic mass is 10.7. The summed E-state index contributed by atoms with van der Waals surface area (Å²) >= 11 is 0. The number of terminal acetylenes is 1. The van der Waals surface area contributed by atoms with Crippen LogP contribution < -0.4 is 4.72 Å².